The molecule has 0 atom stereocenters. The minimum Gasteiger partial charge on any atom is -0.352 e. The number of halogens is 2. The Kier molecular flexibility index (Phi) is 6.28. The van der Waals surface area contributed by atoms with Crippen LogP contribution in [0.4, 0.5) is 5.69 Å². The Morgan fingerprint density at radius 2 is 1.68 bits per heavy atom. The van der Waals surface area contributed by atoms with Gasteiger partial charge in [-0.25, -0.2) is 4.98 Å². The van der Waals surface area contributed by atoms with Gasteiger partial charge in [0.1, 0.15) is 6.33 Å². The van der Waals surface area contributed by atoms with Crippen LogP contribution in [0.1, 0.15) is 26.5 Å². The summed E-state index contributed by atoms with van der Waals surface area (Å²) in [5.41, 5.74) is 1.38. The van der Waals surface area contributed by atoms with Crippen molar-refractivity contribution in [1.29, 1.82) is 0 Å². The molecule has 0 saturated heterocycles. The predicted molar refractivity (Wildman–Crippen MR) is 108 cm³/mol. The molecule has 0 spiro atoms. The fraction of sp³-hybridized carbons (Fsp3) is 0.158. The number of hydrogen-bond acceptors (Lipinski definition) is 4. The van der Waals surface area contributed by atoms with E-state index >= 15 is 0 Å². The highest BCUT2D eigenvalue weighted by Gasteiger charge is 2.10. The quantitative estimate of drug-likeness (QED) is 0.643. The summed E-state index contributed by atoms with van der Waals surface area (Å²) in [5.74, 6) is 0.113. The second-order valence-corrected chi connectivity index (χ2v) is 6.90. The fourth-order valence-corrected chi connectivity index (χ4v) is 3.01. The summed E-state index contributed by atoms with van der Waals surface area (Å²) in [7, 11) is 1.79. The van der Waals surface area contributed by atoms with E-state index in [9.17, 15) is 9.59 Å². The summed E-state index contributed by atoms with van der Waals surface area (Å²) in [4.78, 5) is 28.6. The normalized spacial score (nSPS) is 10.5. The third-order valence-electron chi connectivity index (χ3n) is 3.81. The molecule has 144 valence electrons. The van der Waals surface area contributed by atoms with E-state index < -0.39 is 0 Å². The van der Waals surface area contributed by atoms with Gasteiger partial charge in [0.15, 0.2) is 5.82 Å². The number of hydrogen-bond donors (Lipinski definition) is 2. The van der Waals surface area contributed by atoms with Crippen LogP contribution in [0.5, 0.6) is 0 Å². The number of benzene rings is 2. The summed E-state index contributed by atoms with van der Waals surface area (Å²) in [6, 6.07) is 11.2. The second-order valence-electron chi connectivity index (χ2n) is 6.03. The molecule has 0 aliphatic carbocycles. The lowest BCUT2D eigenvalue weighted by molar-refractivity contribution is 0.0953. The molecule has 1 aromatic heterocycles. The number of anilines is 1. The Balaban J connectivity index is 1.55. The van der Waals surface area contributed by atoms with E-state index in [1.165, 1.54) is 12.1 Å². The maximum absolute atomic E-state index is 12.3. The van der Waals surface area contributed by atoms with Gasteiger partial charge in [-0.1, -0.05) is 23.2 Å². The van der Waals surface area contributed by atoms with E-state index in [0.717, 1.165) is 0 Å². The SMILES string of the molecule is Cn1cnc(CCNC(=O)c2ccc(NC(=O)c3cc(Cl)cc(Cl)c3)cc2)n1. The third-order valence-corrected chi connectivity index (χ3v) is 4.25. The number of carbonyl (C=O) groups is 2. The number of nitrogens with zero attached hydrogens (tertiary/aromatic N) is 3. The first kappa shape index (κ1) is 19.9. The first-order valence-corrected chi connectivity index (χ1v) is 9.16. The first-order valence-electron chi connectivity index (χ1n) is 8.41. The Morgan fingerprint density at radius 3 is 2.29 bits per heavy atom. The number of rotatable bonds is 6. The molecule has 0 fully saturated rings. The van der Waals surface area contributed by atoms with E-state index in [1.807, 2.05) is 0 Å². The Morgan fingerprint density at radius 1 is 1.00 bits per heavy atom. The van der Waals surface area contributed by atoms with Crippen LogP contribution in [-0.4, -0.2) is 33.1 Å². The van der Waals surface area contributed by atoms with Crippen molar-refractivity contribution in [2.75, 3.05) is 11.9 Å². The molecular weight excluding hydrogens is 401 g/mol. The maximum atomic E-state index is 12.3. The van der Waals surface area contributed by atoms with Gasteiger partial charge in [0, 0.05) is 46.9 Å². The smallest absolute Gasteiger partial charge is 0.255 e. The van der Waals surface area contributed by atoms with Gasteiger partial charge in [-0.2, -0.15) is 5.10 Å². The number of aryl methyl sites for hydroxylation is 1. The number of amides is 2. The van der Waals surface area contributed by atoms with Crippen molar-refractivity contribution in [1.82, 2.24) is 20.1 Å². The zero-order valence-electron chi connectivity index (χ0n) is 14.9. The summed E-state index contributed by atoms with van der Waals surface area (Å²) in [5, 5.41) is 10.5. The van der Waals surface area contributed by atoms with E-state index in [-0.39, 0.29) is 11.8 Å². The number of nitrogens with one attached hydrogen (secondary N) is 2. The van der Waals surface area contributed by atoms with Crippen molar-refractivity contribution in [2.45, 2.75) is 6.42 Å². The molecule has 0 bridgehead atoms. The molecule has 0 aliphatic heterocycles. The van der Waals surface area contributed by atoms with Crippen molar-refractivity contribution in [3.63, 3.8) is 0 Å². The second kappa shape index (κ2) is 8.86. The lowest BCUT2D eigenvalue weighted by Gasteiger charge is -2.08. The molecule has 0 saturated carbocycles. The third kappa shape index (κ3) is 5.31. The van der Waals surface area contributed by atoms with Crippen LogP contribution in [0.3, 0.4) is 0 Å². The highest BCUT2D eigenvalue weighted by molar-refractivity contribution is 6.35. The van der Waals surface area contributed by atoms with Gasteiger partial charge < -0.3 is 10.6 Å². The van der Waals surface area contributed by atoms with Crippen molar-refractivity contribution >= 4 is 40.7 Å². The van der Waals surface area contributed by atoms with Crippen molar-refractivity contribution in [2.24, 2.45) is 7.05 Å². The summed E-state index contributed by atoms with van der Waals surface area (Å²) in [6.45, 7) is 0.427. The molecule has 2 aromatic carbocycles. The molecule has 9 heteroatoms. The van der Waals surface area contributed by atoms with Crippen LogP contribution in [0.15, 0.2) is 48.8 Å². The first-order chi connectivity index (χ1) is 13.4. The molecule has 3 rings (SSSR count). The van der Waals surface area contributed by atoms with Gasteiger partial charge in [-0.15, -0.1) is 0 Å². The molecule has 1 heterocycles. The van der Waals surface area contributed by atoms with E-state index in [1.54, 1.807) is 48.4 Å². The monoisotopic (exact) mass is 417 g/mol. The summed E-state index contributed by atoms with van der Waals surface area (Å²) in [6.07, 6.45) is 2.16. The molecule has 3 aromatic rings. The zero-order chi connectivity index (χ0) is 20.1. The number of aromatic nitrogens is 3. The molecule has 2 N–H and O–H groups in total. The van der Waals surface area contributed by atoms with E-state index in [0.29, 0.717) is 45.6 Å². The van der Waals surface area contributed by atoms with Gasteiger partial charge in [0.25, 0.3) is 11.8 Å². The molecule has 2 amide bonds. The molecule has 0 unspecified atom stereocenters. The highest BCUT2D eigenvalue weighted by Crippen LogP contribution is 2.20. The van der Waals surface area contributed by atoms with E-state index in [4.69, 9.17) is 23.2 Å². The standard InChI is InChI=1S/C19H17Cl2N5O2/c1-26-11-23-17(25-26)6-7-22-18(27)12-2-4-16(5-3-12)24-19(28)13-8-14(20)10-15(21)9-13/h2-5,8-11H,6-7H2,1H3,(H,22,27)(H,24,28). The van der Waals surface area contributed by atoms with Crippen LogP contribution >= 0.6 is 23.2 Å². The summed E-state index contributed by atoms with van der Waals surface area (Å²) < 4.78 is 1.61. The van der Waals surface area contributed by atoms with Crippen molar-refractivity contribution in [3.05, 3.63) is 75.8 Å². The lowest BCUT2D eigenvalue weighted by Crippen LogP contribution is -2.26. The average molecular weight is 418 g/mol. The Bertz CT molecular complexity index is 982. The molecule has 28 heavy (non-hydrogen) atoms. The predicted octanol–water partition coefficient (Wildman–Crippen LogP) is 3.35. The topological polar surface area (TPSA) is 88.9 Å². The van der Waals surface area contributed by atoms with Crippen LogP contribution in [0, 0.1) is 0 Å². The minimum absolute atomic E-state index is 0.213. The van der Waals surface area contributed by atoms with Crippen LogP contribution in [0.25, 0.3) is 0 Å². The highest BCUT2D eigenvalue weighted by atomic mass is 35.5. The maximum Gasteiger partial charge on any atom is 0.255 e. The van der Waals surface area contributed by atoms with Crippen molar-refractivity contribution < 1.29 is 9.59 Å². The molecular formula is C19H17Cl2N5O2. The largest absolute Gasteiger partial charge is 0.352 e. The van der Waals surface area contributed by atoms with Gasteiger partial charge in [-0.3, -0.25) is 14.3 Å². The van der Waals surface area contributed by atoms with Crippen LogP contribution in [-0.2, 0) is 13.5 Å². The Labute approximate surface area is 171 Å². The fourth-order valence-electron chi connectivity index (χ4n) is 2.48. The Hall–Kier alpha value is -2.90. The summed E-state index contributed by atoms with van der Waals surface area (Å²) >= 11 is 11.8. The van der Waals surface area contributed by atoms with Gasteiger partial charge in [-0.05, 0) is 42.5 Å². The molecule has 0 aliphatic rings. The van der Waals surface area contributed by atoms with Crippen molar-refractivity contribution in [3.8, 4) is 0 Å². The van der Waals surface area contributed by atoms with E-state index in [2.05, 4.69) is 20.7 Å². The number of carbonyl (C=O) groups excluding carboxylic acids is 2. The average Bonchev–Trinajstić information content (AvgIpc) is 3.06. The molecule has 7 nitrogen and oxygen atoms in total. The van der Waals surface area contributed by atoms with Gasteiger partial charge in [0.2, 0.25) is 0 Å². The molecule has 0 radical (unpaired) electrons. The zero-order valence-corrected chi connectivity index (χ0v) is 16.5. The van der Waals surface area contributed by atoms with Gasteiger partial charge in [0.05, 0.1) is 0 Å². The van der Waals surface area contributed by atoms with Crippen LogP contribution < -0.4 is 10.6 Å². The lowest BCUT2D eigenvalue weighted by atomic mass is 10.1. The minimum atomic E-state index is -0.343. The van der Waals surface area contributed by atoms with Gasteiger partial charge >= 0.3 is 0 Å². The van der Waals surface area contributed by atoms with Crippen LogP contribution in [0.2, 0.25) is 10.0 Å².